The summed E-state index contributed by atoms with van der Waals surface area (Å²) in [4.78, 5) is 0. The van der Waals surface area contributed by atoms with Crippen molar-refractivity contribution in [2.24, 2.45) is 5.10 Å². The predicted molar refractivity (Wildman–Crippen MR) is 107 cm³/mol. The molecule has 1 atom stereocenters. The van der Waals surface area contributed by atoms with Gasteiger partial charge in [-0.25, -0.2) is 5.01 Å². The average molecular weight is 362 g/mol. The third-order valence-corrected chi connectivity index (χ3v) is 6.78. The highest BCUT2D eigenvalue weighted by Crippen LogP contribution is 2.55. The van der Waals surface area contributed by atoms with E-state index in [0.717, 1.165) is 16.9 Å². The summed E-state index contributed by atoms with van der Waals surface area (Å²) in [7, 11) is -3.28. The highest BCUT2D eigenvalue weighted by molar-refractivity contribution is 7.84. The smallest absolute Gasteiger partial charge is 0.283 e. The zero-order valence-corrected chi connectivity index (χ0v) is 15.3. The minimum absolute atomic E-state index is 0.350. The average Bonchev–Trinajstić information content (AvgIpc) is 2.70. The van der Waals surface area contributed by atoms with Gasteiger partial charge in [0.05, 0.1) is 23.3 Å². The lowest BCUT2D eigenvalue weighted by Gasteiger charge is -2.32. The molecule has 0 saturated heterocycles. The molecule has 3 aromatic rings. The fraction of sp³-hybridized carbons (Fsp3) is 0.0952. The molecule has 1 aliphatic heterocycles. The Morgan fingerprint density at radius 2 is 1.50 bits per heavy atom. The van der Waals surface area contributed by atoms with Gasteiger partial charge in [0.25, 0.3) is 7.37 Å². The maximum Gasteiger partial charge on any atom is 0.283 e. The molecule has 0 saturated carbocycles. The molecule has 0 aliphatic carbocycles. The normalized spacial score (nSPS) is 19.0. The van der Waals surface area contributed by atoms with Gasteiger partial charge in [-0.2, -0.15) is 5.10 Å². The molecule has 1 aliphatic rings. The molecule has 0 bridgehead atoms. The quantitative estimate of drug-likeness (QED) is 0.604. The summed E-state index contributed by atoms with van der Waals surface area (Å²) in [5, 5.41) is 7.32. The Bertz CT molecular complexity index is 987. The van der Waals surface area contributed by atoms with E-state index in [1.165, 1.54) is 0 Å². The van der Waals surface area contributed by atoms with Crippen molar-refractivity contribution in [2.45, 2.75) is 6.92 Å². The van der Waals surface area contributed by atoms with Crippen LogP contribution in [0.1, 0.15) is 12.5 Å². The summed E-state index contributed by atoms with van der Waals surface area (Å²) < 4.78 is 19.8. The van der Waals surface area contributed by atoms with E-state index in [9.17, 15) is 4.57 Å². The van der Waals surface area contributed by atoms with Crippen molar-refractivity contribution >= 4 is 29.5 Å². The lowest BCUT2D eigenvalue weighted by Crippen LogP contribution is -2.30. The van der Waals surface area contributed by atoms with Crippen LogP contribution in [0.5, 0.6) is 0 Å². The molecule has 4 nitrogen and oxygen atoms in total. The van der Waals surface area contributed by atoms with Gasteiger partial charge in [-0.15, -0.1) is 0 Å². The van der Waals surface area contributed by atoms with Crippen molar-refractivity contribution < 1.29 is 9.09 Å². The van der Waals surface area contributed by atoms with Gasteiger partial charge in [-0.1, -0.05) is 60.7 Å². The Hall–Kier alpha value is -2.68. The molecular formula is C21H19N2O2P. The van der Waals surface area contributed by atoms with Crippen LogP contribution >= 0.6 is 7.37 Å². The van der Waals surface area contributed by atoms with Crippen LogP contribution in [0.4, 0.5) is 11.4 Å². The Kier molecular flexibility index (Phi) is 4.46. The van der Waals surface area contributed by atoms with Crippen LogP contribution in [0.2, 0.25) is 0 Å². The number of nitrogens with zero attached hydrogens (tertiary/aromatic N) is 2. The molecule has 3 aromatic carbocycles. The molecule has 0 amide bonds. The van der Waals surface area contributed by atoms with E-state index in [1.54, 1.807) is 0 Å². The van der Waals surface area contributed by atoms with Crippen LogP contribution in [0.15, 0.2) is 90.0 Å². The Labute approximate surface area is 153 Å². The molecule has 0 unspecified atom stereocenters. The molecular weight excluding hydrogens is 343 g/mol. The van der Waals surface area contributed by atoms with Crippen molar-refractivity contribution in [3.63, 3.8) is 0 Å². The van der Waals surface area contributed by atoms with E-state index < -0.39 is 7.37 Å². The van der Waals surface area contributed by atoms with Crippen LogP contribution in [-0.2, 0) is 9.09 Å². The zero-order valence-electron chi connectivity index (χ0n) is 14.4. The Morgan fingerprint density at radius 1 is 0.885 bits per heavy atom. The van der Waals surface area contributed by atoms with Gasteiger partial charge < -0.3 is 4.52 Å². The molecule has 0 radical (unpaired) electrons. The van der Waals surface area contributed by atoms with E-state index in [0.29, 0.717) is 17.4 Å². The second kappa shape index (κ2) is 6.91. The molecule has 4 rings (SSSR count). The van der Waals surface area contributed by atoms with Crippen LogP contribution in [-0.4, -0.2) is 12.1 Å². The topological polar surface area (TPSA) is 41.9 Å². The van der Waals surface area contributed by atoms with Gasteiger partial charge in [-0.05, 0) is 31.2 Å². The van der Waals surface area contributed by atoms with Gasteiger partial charge in [0.15, 0.2) is 5.45 Å². The number of fused-ring (bicyclic) bond motifs is 1. The highest BCUT2D eigenvalue weighted by atomic mass is 31.2. The lowest BCUT2D eigenvalue weighted by atomic mass is 10.2. The predicted octanol–water partition coefficient (Wildman–Crippen LogP) is 5.14. The standard InChI is InChI=1S/C21H19N2O2P/c1-2-25-26(24)20-16-10-9-15-19(20)23(18-13-7-4-8-14-18)22-21(26)17-11-5-3-6-12-17/h3-16H,2H2,1H3/t26-/m1/s1. The lowest BCUT2D eigenvalue weighted by molar-refractivity contribution is 0.349. The first-order chi connectivity index (χ1) is 12.7. The summed E-state index contributed by atoms with van der Waals surface area (Å²) >= 11 is 0. The van der Waals surface area contributed by atoms with Crippen molar-refractivity contribution in [3.05, 3.63) is 90.5 Å². The Morgan fingerprint density at radius 3 is 2.19 bits per heavy atom. The number of hydrazone groups is 1. The fourth-order valence-electron chi connectivity index (χ4n) is 3.11. The minimum atomic E-state index is -3.28. The minimum Gasteiger partial charge on any atom is -0.321 e. The fourth-order valence-corrected chi connectivity index (χ4v) is 5.41. The summed E-state index contributed by atoms with van der Waals surface area (Å²) in [5.41, 5.74) is 2.98. The maximum absolute atomic E-state index is 14.0. The Balaban J connectivity index is 1.99. The van der Waals surface area contributed by atoms with E-state index >= 15 is 0 Å². The van der Waals surface area contributed by atoms with E-state index in [1.807, 2.05) is 96.9 Å². The number of para-hydroxylation sites is 2. The monoisotopic (exact) mass is 362 g/mol. The number of hydrogen-bond donors (Lipinski definition) is 0. The number of benzene rings is 3. The van der Waals surface area contributed by atoms with Crippen LogP contribution in [0.25, 0.3) is 0 Å². The molecule has 5 heteroatoms. The first-order valence-corrected chi connectivity index (χ1v) is 10.2. The molecule has 0 spiro atoms. The third kappa shape index (κ3) is 2.78. The van der Waals surface area contributed by atoms with Crippen LogP contribution in [0.3, 0.4) is 0 Å². The SMILES string of the molecule is CCO[P@@]1(=O)C(c2ccccc2)=NN(c2ccccc2)c2ccccc21. The molecule has 1 heterocycles. The first-order valence-electron chi connectivity index (χ1n) is 8.58. The second-order valence-electron chi connectivity index (χ2n) is 5.89. The molecule has 26 heavy (non-hydrogen) atoms. The third-order valence-electron chi connectivity index (χ3n) is 4.24. The van der Waals surface area contributed by atoms with Gasteiger partial charge in [0, 0.05) is 5.56 Å². The summed E-state index contributed by atoms with van der Waals surface area (Å²) in [6, 6.07) is 27.1. The van der Waals surface area contributed by atoms with Gasteiger partial charge in [0.2, 0.25) is 0 Å². The van der Waals surface area contributed by atoms with Crippen molar-refractivity contribution in [1.82, 2.24) is 0 Å². The second-order valence-corrected chi connectivity index (χ2v) is 8.16. The summed E-state index contributed by atoms with van der Waals surface area (Å²) in [6.45, 7) is 2.21. The van der Waals surface area contributed by atoms with E-state index in [-0.39, 0.29) is 0 Å². The first kappa shape index (κ1) is 16.8. The molecule has 0 N–H and O–H groups in total. The van der Waals surface area contributed by atoms with Crippen molar-refractivity contribution in [1.29, 1.82) is 0 Å². The van der Waals surface area contributed by atoms with Gasteiger partial charge in [-0.3, -0.25) is 4.57 Å². The van der Waals surface area contributed by atoms with Crippen molar-refractivity contribution in [3.8, 4) is 0 Å². The molecule has 0 aromatic heterocycles. The number of rotatable bonds is 4. The van der Waals surface area contributed by atoms with Crippen LogP contribution in [0, 0.1) is 0 Å². The molecule has 0 fully saturated rings. The highest BCUT2D eigenvalue weighted by Gasteiger charge is 2.41. The number of hydrogen-bond acceptors (Lipinski definition) is 4. The van der Waals surface area contributed by atoms with Gasteiger partial charge in [0.1, 0.15) is 0 Å². The largest absolute Gasteiger partial charge is 0.321 e. The van der Waals surface area contributed by atoms with Crippen LogP contribution < -0.4 is 10.3 Å². The maximum atomic E-state index is 14.0. The van der Waals surface area contributed by atoms with Crippen molar-refractivity contribution in [2.75, 3.05) is 11.6 Å². The summed E-state index contributed by atoms with van der Waals surface area (Å²) in [6.07, 6.45) is 0. The van der Waals surface area contributed by atoms with E-state index in [4.69, 9.17) is 9.63 Å². The van der Waals surface area contributed by atoms with Gasteiger partial charge >= 0.3 is 0 Å². The number of anilines is 2. The zero-order chi connectivity index (χ0) is 18.0. The summed E-state index contributed by atoms with van der Waals surface area (Å²) in [5.74, 6) is 0. The van der Waals surface area contributed by atoms with E-state index in [2.05, 4.69) is 0 Å². The molecule has 130 valence electrons.